The number of hydrogen-bond acceptors (Lipinski definition) is 11. The molecular weight excluding hydrogens is 550 g/mol. The quantitative estimate of drug-likeness (QED) is 0.355. The Balaban J connectivity index is 1.72. The minimum atomic E-state index is -4.11. The van der Waals surface area contributed by atoms with E-state index in [0.29, 0.717) is 42.2 Å². The molecule has 4 atom stereocenters. The summed E-state index contributed by atoms with van der Waals surface area (Å²) in [4.78, 5) is 12.9. The molecule has 1 aliphatic heterocycles. The summed E-state index contributed by atoms with van der Waals surface area (Å²) in [6.45, 7) is 8.21. The number of sulfonamides is 1. The van der Waals surface area contributed by atoms with Crippen LogP contribution in [0.15, 0.2) is 30.6 Å². The lowest BCUT2D eigenvalue weighted by Gasteiger charge is -2.30. The Morgan fingerprint density at radius 2 is 1.87 bits per heavy atom. The van der Waals surface area contributed by atoms with Gasteiger partial charge in [0.15, 0.2) is 11.6 Å². The van der Waals surface area contributed by atoms with Gasteiger partial charge in [0.2, 0.25) is 21.9 Å². The molecule has 15 heteroatoms. The topological polar surface area (TPSA) is 152 Å². The van der Waals surface area contributed by atoms with Gasteiger partial charge in [0.05, 0.1) is 44.1 Å². The fourth-order valence-corrected chi connectivity index (χ4v) is 5.24. The Hall–Kier alpha value is -2.91. The minimum Gasteiger partial charge on any atom is -0.481 e. The monoisotopic (exact) mass is 581 g/mol. The average molecular weight is 582 g/mol. The zero-order valence-electron chi connectivity index (χ0n) is 22.3. The van der Waals surface area contributed by atoms with Gasteiger partial charge in [-0.05, 0) is 33.8 Å². The Morgan fingerprint density at radius 3 is 2.51 bits per heavy atom. The van der Waals surface area contributed by atoms with Crippen LogP contribution in [0.25, 0.3) is 11.5 Å². The van der Waals surface area contributed by atoms with Gasteiger partial charge in [0.25, 0.3) is 0 Å². The second kappa shape index (κ2) is 12.5. The minimum absolute atomic E-state index is 0.0107. The van der Waals surface area contributed by atoms with E-state index in [1.807, 2.05) is 6.92 Å². The largest absolute Gasteiger partial charge is 0.481 e. The van der Waals surface area contributed by atoms with Crippen LogP contribution in [-0.2, 0) is 24.2 Å². The predicted molar refractivity (Wildman–Crippen MR) is 143 cm³/mol. The van der Waals surface area contributed by atoms with Crippen molar-refractivity contribution < 1.29 is 27.4 Å². The molecule has 0 aliphatic carbocycles. The third-order valence-electron chi connectivity index (χ3n) is 6.11. The van der Waals surface area contributed by atoms with Gasteiger partial charge < -0.3 is 18.9 Å². The SMILES string of the molecule is COc1cccc(-c2nnc(NS(=O)(=O)C(C)C(OC(C)C)c3ncc(Cl)cn3)n2[C@@H](C)[C@H]2COCCO2)n1. The van der Waals surface area contributed by atoms with Gasteiger partial charge in [0.1, 0.15) is 23.2 Å². The maximum Gasteiger partial charge on any atom is 0.240 e. The maximum absolute atomic E-state index is 13.7. The molecule has 0 saturated carbocycles. The number of pyridine rings is 1. The number of nitrogens with zero attached hydrogens (tertiary/aromatic N) is 6. The molecule has 4 heterocycles. The van der Waals surface area contributed by atoms with Gasteiger partial charge in [-0.15, -0.1) is 10.2 Å². The molecule has 212 valence electrons. The molecular formula is C24H32ClN7O6S. The summed E-state index contributed by atoms with van der Waals surface area (Å²) in [6.07, 6.45) is 1.13. The van der Waals surface area contributed by atoms with Crippen LogP contribution in [0.3, 0.4) is 0 Å². The summed E-state index contributed by atoms with van der Waals surface area (Å²) < 4.78 is 54.4. The first-order valence-electron chi connectivity index (χ1n) is 12.4. The van der Waals surface area contributed by atoms with Crippen molar-refractivity contribution in [1.82, 2.24) is 29.7 Å². The van der Waals surface area contributed by atoms with Gasteiger partial charge in [0, 0.05) is 18.5 Å². The summed E-state index contributed by atoms with van der Waals surface area (Å²) in [5.41, 5.74) is 0.444. The number of halogens is 1. The molecule has 1 aliphatic rings. The van der Waals surface area contributed by atoms with Crippen molar-refractivity contribution in [1.29, 1.82) is 0 Å². The van der Waals surface area contributed by atoms with Crippen molar-refractivity contribution in [2.75, 3.05) is 31.7 Å². The fourth-order valence-electron chi connectivity index (χ4n) is 4.05. The molecule has 1 fully saturated rings. The van der Waals surface area contributed by atoms with Crippen molar-refractivity contribution in [3.63, 3.8) is 0 Å². The smallest absolute Gasteiger partial charge is 0.240 e. The van der Waals surface area contributed by atoms with E-state index in [1.54, 1.807) is 36.6 Å². The molecule has 0 amide bonds. The highest BCUT2D eigenvalue weighted by Crippen LogP contribution is 2.31. The number of hydrogen-bond donors (Lipinski definition) is 1. The van der Waals surface area contributed by atoms with Crippen LogP contribution in [0, 0.1) is 0 Å². The molecule has 0 radical (unpaired) electrons. The number of ether oxygens (including phenoxy) is 4. The molecule has 0 spiro atoms. The van der Waals surface area contributed by atoms with Gasteiger partial charge in [-0.2, -0.15) is 0 Å². The zero-order chi connectivity index (χ0) is 28.2. The van der Waals surface area contributed by atoms with E-state index in [0.717, 1.165) is 0 Å². The number of methoxy groups -OCH3 is 1. The number of anilines is 1. The third kappa shape index (κ3) is 6.81. The summed E-state index contributed by atoms with van der Waals surface area (Å²) in [7, 11) is -2.61. The van der Waals surface area contributed by atoms with Crippen LogP contribution in [0.4, 0.5) is 5.95 Å². The Bertz CT molecular complexity index is 1350. The molecule has 0 aromatic carbocycles. The normalized spacial score (nSPS) is 18.5. The van der Waals surface area contributed by atoms with E-state index >= 15 is 0 Å². The van der Waals surface area contributed by atoms with Gasteiger partial charge in [-0.3, -0.25) is 9.29 Å². The zero-order valence-corrected chi connectivity index (χ0v) is 23.9. The molecule has 1 N–H and O–H groups in total. The average Bonchev–Trinajstić information content (AvgIpc) is 3.34. The van der Waals surface area contributed by atoms with Crippen molar-refractivity contribution in [3.05, 3.63) is 41.4 Å². The molecule has 4 rings (SSSR count). The second-order valence-corrected chi connectivity index (χ2v) is 11.7. The maximum atomic E-state index is 13.7. The first kappa shape index (κ1) is 29.1. The molecule has 2 unspecified atom stereocenters. The van der Waals surface area contributed by atoms with E-state index in [9.17, 15) is 8.42 Å². The first-order valence-corrected chi connectivity index (χ1v) is 14.3. The van der Waals surface area contributed by atoms with Gasteiger partial charge in [-0.25, -0.2) is 23.4 Å². The number of nitrogens with one attached hydrogen (secondary N) is 1. The lowest BCUT2D eigenvalue weighted by Crippen LogP contribution is -2.37. The third-order valence-corrected chi connectivity index (χ3v) is 8.00. The van der Waals surface area contributed by atoms with Crippen LogP contribution in [0.1, 0.15) is 45.7 Å². The van der Waals surface area contributed by atoms with E-state index in [2.05, 4.69) is 29.9 Å². The number of aromatic nitrogens is 6. The van der Waals surface area contributed by atoms with Crippen LogP contribution < -0.4 is 9.46 Å². The van der Waals surface area contributed by atoms with Crippen molar-refractivity contribution in [2.24, 2.45) is 0 Å². The predicted octanol–water partition coefficient (Wildman–Crippen LogP) is 3.07. The van der Waals surface area contributed by atoms with Crippen molar-refractivity contribution >= 4 is 27.6 Å². The first-order chi connectivity index (χ1) is 18.6. The van der Waals surface area contributed by atoms with Crippen LogP contribution in [0.2, 0.25) is 5.02 Å². The molecule has 3 aromatic heterocycles. The molecule has 3 aromatic rings. The van der Waals surface area contributed by atoms with E-state index in [4.69, 9.17) is 30.5 Å². The summed E-state index contributed by atoms with van der Waals surface area (Å²) in [6, 6.07) is 4.78. The van der Waals surface area contributed by atoms with Crippen molar-refractivity contribution in [2.45, 2.75) is 57.3 Å². The fraction of sp³-hybridized carbons (Fsp3) is 0.542. The lowest BCUT2D eigenvalue weighted by atomic mass is 10.1. The Labute approximate surface area is 232 Å². The summed E-state index contributed by atoms with van der Waals surface area (Å²) >= 11 is 5.94. The lowest BCUT2D eigenvalue weighted by molar-refractivity contribution is -0.104. The Kier molecular flexibility index (Phi) is 9.33. The van der Waals surface area contributed by atoms with Crippen LogP contribution in [-0.4, -0.2) is 82.5 Å². The second-order valence-electron chi connectivity index (χ2n) is 9.22. The molecule has 1 saturated heterocycles. The van der Waals surface area contributed by atoms with Crippen LogP contribution in [0.5, 0.6) is 5.88 Å². The van der Waals surface area contributed by atoms with Crippen LogP contribution >= 0.6 is 11.6 Å². The standard InChI is InChI=1S/C24H32ClN7O6S/c1-14(2)38-21(22-26-11-17(25)12-27-22)16(4)39(33,34)31-24-30-29-23(18-7-6-8-20(28-18)35-5)32(24)15(3)19-13-36-9-10-37-19/h6-8,11-12,14-16,19,21H,9-10,13H2,1-5H3,(H,30,31)/t15-,16?,19+,21?/m0/s1. The van der Waals surface area contributed by atoms with E-state index < -0.39 is 27.4 Å². The summed E-state index contributed by atoms with van der Waals surface area (Å²) in [5, 5.41) is 7.68. The molecule has 13 nitrogen and oxygen atoms in total. The van der Waals surface area contributed by atoms with Crippen molar-refractivity contribution in [3.8, 4) is 17.4 Å². The highest BCUT2D eigenvalue weighted by molar-refractivity contribution is 7.93. The summed E-state index contributed by atoms with van der Waals surface area (Å²) in [5.74, 6) is 0.884. The van der Waals surface area contributed by atoms with E-state index in [1.165, 1.54) is 26.4 Å². The Morgan fingerprint density at radius 1 is 1.13 bits per heavy atom. The highest BCUT2D eigenvalue weighted by atomic mass is 35.5. The number of rotatable bonds is 11. The highest BCUT2D eigenvalue weighted by Gasteiger charge is 2.37. The molecule has 0 bridgehead atoms. The van der Waals surface area contributed by atoms with Gasteiger partial charge >= 0.3 is 0 Å². The van der Waals surface area contributed by atoms with Gasteiger partial charge in [-0.1, -0.05) is 17.7 Å². The molecule has 39 heavy (non-hydrogen) atoms. The van der Waals surface area contributed by atoms with E-state index in [-0.39, 0.29) is 24.0 Å².